The van der Waals surface area contributed by atoms with Crippen molar-refractivity contribution in [2.45, 2.75) is 19.8 Å². The van der Waals surface area contributed by atoms with Crippen molar-refractivity contribution >= 4 is 40.1 Å². The number of benzene rings is 2. The Labute approximate surface area is 173 Å². The Morgan fingerprint density at radius 2 is 2.00 bits per heavy atom. The van der Waals surface area contributed by atoms with Gasteiger partial charge in [0.2, 0.25) is 5.91 Å². The quantitative estimate of drug-likeness (QED) is 0.349. The van der Waals surface area contributed by atoms with Crippen LogP contribution in [0.5, 0.6) is 5.75 Å². The van der Waals surface area contributed by atoms with E-state index in [1.807, 2.05) is 53.9 Å². The molecule has 28 heavy (non-hydrogen) atoms. The first-order chi connectivity index (χ1) is 13.7. The fourth-order valence-electron chi connectivity index (χ4n) is 2.51. The largest absolute Gasteiger partial charge is 0.493 e. The lowest BCUT2D eigenvalue weighted by atomic mass is 10.2. The SMILES string of the molecule is CCCCOc1ccccc1C=CC(=O)Nc1nc(-c2ccccc2Cl)cs1. The molecule has 0 fully saturated rings. The molecule has 2 aromatic carbocycles. The highest BCUT2D eigenvalue weighted by Crippen LogP contribution is 2.30. The predicted molar refractivity (Wildman–Crippen MR) is 117 cm³/mol. The molecule has 1 N–H and O–H groups in total. The number of rotatable bonds is 8. The topological polar surface area (TPSA) is 51.2 Å². The molecule has 0 unspecified atom stereocenters. The second kappa shape index (κ2) is 10.1. The summed E-state index contributed by atoms with van der Waals surface area (Å²) in [7, 11) is 0. The molecule has 0 aliphatic carbocycles. The van der Waals surface area contributed by atoms with E-state index in [-0.39, 0.29) is 5.91 Å². The molecule has 3 rings (SSSR count). The van der Waals surface area contributed by atoms with Crippen LogP contribution in [-0.2, 0) is 4.79 Å². The molecule has 1 amide bonds. The highest BCUT2D eigenvalue weighted by Gasteiger charge is 2.09. The number of para-hydroxylation sites is 1. The van der Waals surface area contributed by atoms with Crippen LogP contribution in [0.1, 0.15) is 25.3 Å². The second-order valence-electron chi connectivity index (χ2n) is 6.08. The summed E-state index contributed by atoms with van der Waals surface area (Å²) in [6, 6.07) is 15.2. The maximum Gasteiger partial charge on any atom is 0.250 e. The minimum absolute atomic E-state index is 0.247. The Hall–Kier alpha value is -2.63. The normalized spacial score (nSPS) is 10.9. The van der Waals surface area contributed by atoms with Gasteiger partial charge in [-0.1, -0.05) is 61.3 Å². The number of carbonyl (C=O) groups excluding carboxylic acids is 1. The molecule has 0 saturated heterocycles. The van der Waals surface area contributed by atoms with Crippen molar-refractivity contribution in [3.63, 3.8) is 0 Å². The number of hydrogen-bond acceptors (Lipinski definition) is 4. The zero-order chi connectivity index (χ0) is 19.8. The molecule has 1 aromatic heterocycles. The number of aromatic nitrogens is 1. The van der Waals surface area contributed by atoms with E-state index in [4.69, 9.17) is 16.3 Å². The lowest BCUT2D eigenvalue weighted by Crippen LogP contribution is -2.07. The van der Waals surface area contributed by atoms with E-state index < -0.39 is 0 Å². The van der Waals surface area contributed by atoms with Crippen molar-refractivity contribution in [1.29, 1.82) is 0 Å². The van der Waals surface area contributed by atoms with Crippen LogP contribution in [0.25, 0.3) is 17.3 Å². The average molecular weight is 413 g/mol. The van der Waals surface area contributed by atoms with Gasteiger partial charge in [-0.15, -0.1) is 11.3 Å². The van der Waals surface area contributed by atoms with Gasteiger partial charge in [-0.05, 0) is 24.6 Å². The van der Waals surface area contributed by atoms with Crippen molar-refractivity contribution in [3.05, 3.63) is 70.6 Å². The van der Waals surface area contributed by atoms with Gasteiger partial charge < -0.3 is 4.74 Å². The van der Waals surface area contributed by atoms with Crippen LogP contribution in [-0.4, -0.2) is 17.5 Å². The number of hydrogen-bond donors (Lipinski definition) is 1. The summed E-state index contributed by atoms with van der Waals surface area (Å²) in [5, 5.41) is 5.82. The van der Waals surface area contributed by atoms with Crippen molar-refractivity contribution in [2.75, 3.05) is 11.9 Å². The van der Waals surface area contributed by atoms with Gasteiger partial charge in [0, 0.05) is 27.6 Å². The van der Waals surface area contributed by atoms with Crippen molar-refractivity contribution < 1.29 is 9.53 Å². The molecular weight excluding hydrogens is 392 g/mol. The molecule has 0 saturated carbocycles. The van der Waals surface area contributed by atoms with Crippen molar-refractivity contribution in [3.8, 4) is 17.0 Å². The van der Waals surface area contributed by atoms with Crippen LogP contribution in [0.2, 0.25) is 5.02 Å². The van der Waals surface area contributed by atoms with Crippen LogP contribution in [0, 0.1) is 0 Å². The minimum atomic E-state index is -0.247. The molecule has 1 heterocycles. The van der Waals surface area contributed by atoms with Gasteiger partial charge in [0.1, 0.15) is 5.75 Å². The summed E-state index contributed by atoms with van der Waals surface area (Å²) in [6.45, 7) is 2.78. The smallest absolute Gasteiger partial charge is 0.250 e. The summed E-state index contributed by atoms with van der Waals surface area (Å²) >= 11 is 7.57. The molecule has 0 bridgehead atoms. The van der Waals surface area contributed by atoms with Crippen LogP contribution in [0.15, 0.2) is 60.0 Å². The van der Waals surface area contributed by atoms with Crippen LogP contribution in [0.3, 0.4) is 0 Å². The summed E-state index contributed by atoms with van der Waals surface area (Å²) in [6.07, 6.45) is 5.30. The monoisotopic (exact) mass is 412 g/mol. The third-order valence-corrected chi connectivity index (χ3v) is 5.06. The number of anilines is 1. The molecular formula is C22H21ClN2O2S. The molecule has 144 valence electrons. The Kier molecular flexibility index (Phi) is 7.23. The summed E-state index contributed by atoms with van der Waals surface area (Å²) in [4.78, 5) is 16.7. The lowest BCUT2D eigenvalue weighted by Gasteiger charge is -2.08. The molecule has 0 aliphatic heterocycles. The number of nitrogens with one attached hydrogen (secondary N) is 1. The first-order valence-electron chi connectivity index (χ1n) is 9.08. The van der Waals surface area contributed by atoms with Gasteiger partial charge in [0.25, 0.3) is 0 Å². The van der Waals surface area contributed by atoms with Crippen LogP contribution in [0.4, 0.5) is 5.13 Å². The fourth-order valence-corrected chi connectivity index (χ4v) is 3.46. The van der Waals surface area contributed by atoms with Crippen molar-refractivity contribution in [2.24, 2.45) is 0 Å². The zero-order valence-corrected chi connectivity index (χ0v) is 17.1. The molecule has 4 nitrogen and oxygen atoms in total. The first-order valence-corrected chi connectivity index (χ1v) is 10.3. The van der Waals surface area contributed by atoms with Crippen molar-refractivity contribution in [1.82, 2.24) is 4.98 Å². The number of carbonyl (C=O) groups is 1. The van der Waals surface area contributed by atoms with Crippen LogP contribution >= 0.6 is 22.9 Å². The number of unbranched alkanes of at least 4 members (excludes halogenated alkanes) is 1. The zero-order valence-electron chi connectivity index (χ0n) is 15.5. The number of nitrogens with zero attached hydrogens (tertiary/aromatic N) is 1. The van der Waals surface area contributed by atoms with E-state index in [1.54, 1.807) is 6.08 Å². The van der Waals surface area contributed by atoms with Crippen LogP contribution < -0.4 is 10.1 Å². The third-order valence-electron chi connectivity index (χ3n) is 3.97. The second-order valence-corrected chi connectivity index (χ2v) is 7.35. The third kappa shape index (κ3) is 5.44. The summed E-state index contributed by atoms with van der Waals surface area (Å²) in [5.41, 5.74) is 2.45. The summed E-state index contributed by atoms with van der Waals surface area (Å²) in [5.74, 6) is 0.527. The molecule has 3 aromatic rings. The molecule has 6 heteroatoms. The Morgan fingerprint density at radius 1 is 1.21 bits per heavy atom. The molecule has 0 spiro atoms. The van der Waals surface area contributed by atoms with Gasteiger partial charge in [0.05, 0.1) is 12.3 Å². The number of halogens is 1. The average Bonchev–Trinajstić information content (AvgIpc) is 3.16. The van der Waals surface area contributed by atoms with E-state index >= 15 is 0 Å². The summed E-state index contributed by atoms with van der Waals surface area (Å²) < 4.78 is 5.79. The van der Waals surface area contributed by atoms with Gasteiger partial charge in [-0.2, -0.15) is 0 Å². The lowest BCUT2D eigenvalue weighted by molar-refractivity contribution is -0.111. The van der Waals surface area contributed by atoms with E-state index in [2.05, 4.69) is 17.2 Å². The van der Waals surface area contributed by atoms with E-state index in [0.717, 1.165) is 35.4 Å². The molecule has 0 aliphatic rings. The minimum Gasteiger partial charge on any atom is -0.493 e. The number of amides is 1. The predicted octanol–water partition coefficient (Wildman–Crippen LogP) is 6.29. The van der Waals surface area contributed by atoms with E-state index in [0.29, 0.717) is 16.8 Å². The van der Waals surface area contributed by atoms with Gasteiger partial charge in [0.15, 0.2) is 5.13 Å². The molecule has 0 radical (unpaired) electrons. The highest BCUT2D eigenvalue weighted by atomic mass is 35.5. The van der Waals surface area contributed by atoms with Gasteiger partial charge >= 0.3 is 0 Å². The van der Waals surface area contributed by atoms with Gasteiger partial charge in [-0.25, -0.2) is 4.98 Å². The highest BCUT2D eigenvalue weighted by molar-refractivity contribution is 7.14. The Bertz CT molecular complexity index is 968. The Balaban J connectivity index is 1.64. The Morgan fingerprint density at radius 3 is 2.82 bits per heavy atom. The standard InChI is InChI=1S/C22H21ClN2O2S/c1-2-3-14-27-20-11-7-4-8-16(20)12-13-21(26)25-22-24-19(15-28-22)17-9-5-6-10-18(17)23/h4-13,15H,2-3,14H2,1H3,(H,24,25,26). The number of thiazole rings is 1. The fraction of sp³-hybridized carbons (Fsp3) is 0.182. The molecule has 0 atom stereocenters. The maximum atomic E-state index is 12.3. The van der Waals surface area contributed by atoms with Gasteiger partial charge in [-0.3, -0.25) is 10.1 Å². The first kappa shape index (κ1) is 20.1. The van der Waals surface area contributed by atoms with E-state index in [9.17, 15) is 4.79 Å². The van der Waals surface area contributed by atoms with E-state index in [1.165, 1.54) is 17.4 Å². The number of ether oxygens (including phenoxy) is 1. The maximum absolute atomic E-state index is 12.3.